The molecule has 2 aromatic rings. The lowest BCUT2D eigenvalue weighted by molar-refractivity contribution is 0.864. The molecule has 0 spiro atoms. The third-order valence-corrected chi connectivity index (χ3v) is 3.22. The van der Waals surface area contributed by atoms with Crippen molar-refractivity contribution in [2.75, 3.05) is 0 Å². The molecular formula is C18H20. The summed E-state index contributed by atoms with van der Waals surface area (Å²) in [4.78, 5) is 0. The van der Waals surface area contributed by atoms with Gasteiger partial charge in [-0.25, -0.2) is 0 Å². The molecule has 0 saturated carbocycles. The van der Waals surface area contributed by atoms with Gasteiger partial charge in [0.2, 0.25) is 0 Å². The first kappa shape index (κ1) is 12.6. The highest BCUT2D eigenvalue weighted by molar-refractivity contribution is 5.81. The van der Waals surface area contributed by atoms with Crippen molar-refractivity contribution in [2.24, 2.45) is 0 Å². The maximum atomic E-state index is 2.28. The van der Waals surface area contributed by atoms with Gasteiger partial charge in [0.1, 0.15) is 0 Å². The van der Waals surface area contributed by atoms with Gasteiger partial charge < -0.3 is 0 Å². The monoisotopic (exact) mass is 236 g/mol. The summed E-state index contributed by atoms with van der Waals surface area (Å²) >= 11 is 0. The molecule has 0 aliphatic carbocycles. The van der Waals surface area contributed by atoms with Crippen LogP contribution in [0.5, 0.6) is 0 Å². The lowest BCUT2D eigenvalue weighted by atomic mass is 9.95. The van der Waals surface area contributed by atoms with Gasteiger partial charge in [-0.1, -0.05) is 74.5 Å². The highest BCUT2D eigenvalue weighted by atomic mass is 14.1. The zero-order valence-electron chi connectivity index (χ0n) is 11.4. The summed E-state index contributed by atoms with van der Waals surface area (Å²) in [5, 5.41) is 0. The fourth-order valence-corrected chi connectivity index (χ4v) is 2.19. The molecule has 0 aliphatic rings. The van der Waals surface area contributed by atoms with Crippen molar-refractivity contribution in [1.82, 2.24) is 0 Å². The Balaban J connectivity index is 2.39. The molecule has 0 fully saturated rings. The van der Waals surface area contributed by atoms with Crippen LogP contribution in [0.1, 0.15) is 43.4 Å². The topological polar surface area (TPSA) is 0 Å². The van der Waals surface area contributed by atoms with Gasteiger partial charge in [0.25, 0.3) is 0 Å². The highest BCUT2D eigenvalue weighted by Gasteiger charge is 2.04. The molecule has 0 nitrogen and oxygen atoms in total. The van der Waals surface area contributed by atoms with Gasteiger partial charge >= 0.3 is 0 Å². The molecule has 0 heteroatoms. The Labute approximate surface area is 110 Å². The molecule has 0 atom stereocenters. The van der Waals surface area contributed by atoms with E-state index in [9.17, 15) is 0 Å². The Kier molecular flexibility index (Phi) is 3.99. The lowest BCUT2D eigenvalue weighted by Gasteiger charge is -2.10. The Morgan fingerprint density at radius 2 is 1.50 bits per heavy atom. The van der Waals surface area contributed by atoms with E-state index in [0.717, 1.165) is 0 Å². The molecule has 0 unspecified atom stereocenters. The number of rotatable bonds is 3. The van der Waals surface area contributed by atoms with Crippen molar-refractivity contribution >= 4 is 11.6 Å². The van der Waals surface area contributed by atoms with Crippen molar-refractivity contribution < 1.29 is 0 Å². The maximum Gasteiger partial charge on any atom is -0.0213 e. The van der Waals surface area contributed by atoms with Crippen molar-refractivity contribution in [3.63, 3.8) is 0 Å². The zero-order valence-corrected chi connectivity index (χ0v) is 11.4. The van der Waals surface area contributed by atoms with E-state index >= 15 is 0 Å². The first-order valence-electron chi connectivity index (χ1n) is 6.51. The maximum absolute atomic E-state index is 2.28. The Morgan fingerprint density at radius 1 is 0.889 bits per heavy atom. The smallest absolute Gasteiger partial charge is 0.0213 e. The van der Waals surface area contributed by atoms with Gasteiger partial charge in [-0.2, -0.15) is 0 Å². The van der Waals surface area contributed by atoms with Crippen molar-refractivity contribution in [3.05, 3.63) is 71.3 Å². The fraction of sp³-hybridized carbons (Fsp3) is 0.222. The van der Waals surface area contributed by atoms with E-state index in [2.05, 4.69) is 81.4 Å². The summed E-state index contributed by atoms with van der Waals surface area (Å²) in [5.41, 5.74) is 5.33. The first-order chi connectivity index (χ1) is 8.68. The van der Waals surface area contributed by atoms with Crippen LogP contribution >= 0.6 is 0 Å². The van der Waals surface area contributed by atoms with Gasteiger partial charge in [-0.3, -0.25) is 0 Å². The minimum atomic E-state index is 0.557. The Bertz CT molecular complexity index is 533. The quantitative estimate of drug-likeness (QED) is 0.628. The summed E-state index contributed by atoms with van der Waals surface area (Å²) in [6.07, 6.45) is 2.28. The molecular weight excluding hydrogens is 216 g/mol. The molecule has 2 rings (SSSR count). The van der Waals surface area contributed by atoms with Crippen LogP contribution in [0, 0.1) is 0 Å². The predicted molar refractivity (Wildman–Crippen MR) is 80.5 cm³/mol. The SMILES string of the molecule is CC(=Cc1ccccc1C(C)C)c1ccccc1. The molecule has 0 N–H and O–H groups in total. The summed E-state index contributed by atoms with van der Waals surface area (Å²) < 4.78 is 0. The van der Waals surface area contributed by atoms with Gasteiger partial charge in [0.05, 0.1) is 0 Å². The lowest BCUT2D eigenvalue weighted by Crippen LogP contribution is -1.91. The molecule has 0 aliphatic heterocycles. The number of benzene rings is 2. The largest absolute Gasteiger partial charge is 0.0622 e. The standard InChI is InChI=1S/C18H20/c1-14(2)18-12-8-7-11-17(18)13-15(3)16-9-5-4-6-10-16/h4-14H,1-3H3. The zero-order chi connectivity index (χ0) is 13.0. The van der Waals surface area contributed by atoms with Crippen molar-refractivity contribution in [2.45, 2.75) is 26.7 Å². The summed E-state index contributed by atoms with van der Waals surface area (Å²) in [6, 6.07) is 19.2. The van der Waals surface area contributed by atoms with Crippen LogP contribution in [-0.4, -0.2) is 0 Å². The first-order valence-corrected chi connectivity index (χ1v) is 6.51. The predicted octanol–water partition coefficient (Wildman–Crippen LogP) is 5.37. The Morgan fingerprint density at radius 3 is 2.17 bits per heavy atom. The van der Waals surface area contributed by atoms with E-state index in [1.807, 2.05) is 0 Å². The van der Waals surface area contributed by atoms with E-state index in [4.69, 9.17) is 0 Å². The third kappa shape index (κ3) is 2.89. The third-order valence-electron chi connectivity index (χ3n) is 3.22. The fourth-order valence-electron chi connectivity index (χ4n) is 2.19. The highest BCUT2D eigenvalue weighted by Crippen LogP contribution is 2.24. The number of allylic oxidation sites excluding steroid dienone is 1. The molecule has 2 aromatic carbocycles. The van der Waals surface area contributed by atoms with Gasteiger partial charge in [-0.05, 0) is 35.1 Å². The molecule has 0 amide bonds. The normalized spacial score (nSPS) is 11.9. The van der Waals surface area contributed by atoms with Crippen LogP contribution in [0.2, 0.25) is 0 Å². The van der Waals surface area contributed by atoms with Crippen molar-refractivity contribution in [3.8, 4) is 0 Å². The molecule has 18 heavy (non-hydrogen) atoms. The number of hydrogen-bond donors (Lipinski definition) is 0. The molecule has 0 heterocycles. The van der Waals surface area contributed by atoms with E-state index < -0.39 is 0 Å². The van der Waals surface area contributed by atoms with Crippen LogP contribution in [0.4, 0.5) is 0 Å². The van der Waals surface area contributed by atoms with Crippen LogP contribution in [0.3, 0.4) is 0 Å². The molecule has 0 saturated heterocycles. The van der Waals surface area contributed by atoms with Gasteiger partial charge in [-0.15, -0.1) is 0 Å². The average molecular weight is 236 g/mol. The number of hydrogen-bond acceptors (Lipinski definition) is 0. The van der Waals surface area contributed by atoms with E-state index in [-0.39, 0.29) is 0 Å². The van der Waals surface area contributed by atoms with Gasteiger partial charge in [0, 0.05) is 0 Å². The second-order valence-electron chi connectivity index (χ2n) is 4.98. The second kappa shape index (κ2) is 5.68. The van der Waals surface area contributed by atoms with E-state index in [1.165, 1.54) is 22.3 Å². The Hall–Kier alpha value is -1.82. The minimum absolute atomic E-state index is 0.557. The molecule has 0 aromatic heterocycles. The van der Waals surface area contributed by atoms with Gasteiger partial charge in [0.15, 0.2) is 0 Å². The van der Waals surface area contributed by atoms with Crippen LogP contribution in [0.25, 0.3) is 11.6 Å². The van der Waals surface area contributed by atoms with E-state index in [0.29, 0.717) is 5.92 Å². The molecule has 0 radical (unpaired) electrons. The van der Waals surface area contributed by atoms with Crippen molar-refractivity contribution in [1.29, 1.82) is 0 Å². The summed E-state index contributed by atoms with van der Waals surface area (Å²) in [6.45, 7) is 6.65. The van der Waals surface area contributed by atoms with Crippen LogP contribution in [-0.2, 0) is 0 Å². The second-order valence-corrected chi connectivity index (χ2v) is 4.98. The average Bonchev–Trinajstić information content (AvgIpc) is 2.40. The summed E-state index contributed by atoms with van der Waals surface area (Å²) in [5.74, 6) is 0.557. The molecule has 92 valence electrons. The van der Waals surface area contributed by atoms with Crippen LogP contribution in [0.15, 0.2) is 54.6 Å². The summed E-state index contributed by atoms with van der Waals surface area (Å²) in [7, 11) is 0. The van der Waals surface area contributed by atoms with Crippen LogP contribution < -0.4 is 0 Å². The minimum Gasteiger partial charge on any atom is -0.0622 e. The molecule has 0 bridgehead atoms. The van der Waals surface area contributed by atoms with E-state index in [1.54, 1.807) is 0 Å².